The molecule has 4 rings (SSSR count). The second-order valence-electron chi connectivity index (χ2n) is 7.37. The molecule has 1 aliphatic heterocycles. The Bertz CT molecular complexity index is 1100. The molecule has 1 aliphatic rings. The van der Waals surface area contributed by atoms with Crippen LogP contribution in [0, 0.1) is 0 Å². The van der Waals surface area contributed by atoms with Crippen LogP contribution in [0.1, 0.15) is 17.5 Å². The van der Waals surface area contributed by atoms with Crippen molar-refractivity contribution in [2.75, 3.05) is 13.3 Å². The fourth-order valence-electron chi connectivity index (χ4n) is 3.66. The van der Waals surface area contributed by atoms with Crippen LogP contribution >= 0.6 is 0 Å². The van der Waals surface area contributed by atoms with Gasteiger partial charge in [0.25, 0.3) is 0 Å². The topological polar surface area (TPSA) is 48.4 Å². The molecule has 32 heavy (non-hydrogen) atoms. The molecule has 5 nitrogen and oxygen atoms in total. The molecule has 0 N–H and O–H groups in total. The van der Waals surface area contributed by atoms with Gasteiger partial charge in [-0.1, -0.05) is 18.2 Å². The zero-order chi connectivity index (χ0) is 22.8. The van der Waals surface area contributed by atoms with Crippen LogP contribution in [0.25, 0.3) is 0 Å². The maximum atomic E-state index is 14.1. The molecule has 0 bridgehead atoms. The molecule has 0 fully saturated rings. The van der Waals surface area contributed by atoms with Gasteiger partial charge in [-0.15, -0.1) is 0 Å². The van der Waals surface area contributed by atoms with E-state index >= 15 is 0 Å². The Morgan fingerprint density at radius 1 is 1.00 bits per heavy atom. The molecule has 9 heteroatoms. The van der Waals surface area contributed by atoms with E-state index in [0.717, 1.165) is 24.1 Å². The molecule has 2 aromatic carbocycles. The Kier molecular flexibility index (Phi) is 5.84. The minimum atomic E-state index is -4.48. The monoisotopic (exact) mass is 447 g/mol. The van der Waals surface area contributed by atoms with Crippen molar-refractivity contribution in [3.8, 4) is 17.4 Å². The molecule has 0 saturated heterocycles. The summed E-state index contributed by atoms with van der Waals surface area (Å²) in [5.41, 5.74) is 0.636. The third-order valence-electron chi connectivity index (χ3n) is 5.31. The first-order chi connectivity index (χ1) is 15.3. The van der Waals surface area contributed by atoms with E-state index in [1.165, 1.54) is 24.3 Å². The lowest BCUT2D eigenvalue weighted by Crippen LogP contribution is -2.57. The van der Waals surface area contributed by atoms with Crippen LogP contribution in [0.3, 0.4) is 0 Å². The summed E-state index contributed by atoms with van der Waals surface area (Å²) in [7, 11) is 0. The van der Waals surface area contributed by atoms with Gasteiger partial charge in [0.05, 0.1) is 12.1 Å². The molecule has 1 amide bonds. The van der Waals surface area contributed by atoms with Gasteiger partial charge < -0.3 is 9.47 Å². The summed E-state index contributed by atoms with van der Waals surface area (Å²) in [4.78, 5) is 16.6. The van der Waals surface area contributed by atoms with E-state index in [2.05, 4.69) is 4.98 Å². The summed E-state index contributed by atoms with van der Waals surface area (Å²) in [5, 5.41) is 0. The number of para-hydroxylation sites is 1. The van der Waals surface area contributed by atoms with Crippen LogP contribution in [0.4, 0.5) is 28.0 Å². The Morgan fingerprint density at radius 3 is 2.38 bits per heavy atom. The van der Waals surface area contributed by atoms with Crippen molar-refractivity contribution < 1.29 is 31.8 Å². The standard InChI is InChI=1S/C23H19F4N2O3/c24-15-29(13-3-5-16-4-1-2-6-20(16)29)22(30)32-19-10-8-18(9-11-19)31-21-12-7-17(14-28-21)23(25,26)27/h1-2,4,6-12,14H,3,5,13,15H2/q+1. The van der Waals surface area contributed by atoms with Crippen LogP contribution < -0.4 is 14.0 Å². The lowest BCUT2D eigenvalue weighted by molar-refractivity contribution is -0.137. The second-order valence-corrected chi connectivity index (χ2v) is 7.37. The lowest BCUT2D eigenvalue weighted by atomic mass is 10.00. The van der Waals surface area contributed by atoms with Crippen molar-refractivity contribution in [2.45, 2.75) is 19.0 Å². The van der Waals surface area contributed by atoms with Crippen molar-refractivity contribution in [2.24, 2.45) is 0 Å². The predicted molar refractivity (Wildman–Crippen MR) is 109 cm³/mol. The van der Waals surface area contributed by atoms with Gasteiger partial charge in [-0.05, 0) is 36.8 Å². The van der Waals surface area contributed by atoms with Gasteiger partial charge in [-0.25, -0.2) is 4.98 Å². The molecule has 0 spiro atoms. The number of carbonyl (C=O) groups is 1. The van der Waals surface area contributed by atoms with E-state index in [-0.39, 0.29) is 17.4 Å². The van der Waals surface area contributed by atoms with Crippen LogP contribution in [0.15, 0.2) is 66.9 Å². The quantitative estimate of drug-likeness (QED) is 0.269. The normalized spacial score (nSPS) is 18.0. The molecule has 1 atom stereocenters. The van der Waals surface area contributed by atoms with Crippen molar-refractivity contribution in [1.82, 2.24) is 9.47 Å². The van der Waals surface area contributed by atoms with Crippen molar-refractivity contribution >= 4 is 11.8 Å². The molecule has 1 aromatic heterocycles. The van der Waals surface area contributed by atoms with Gasteiger partial charge in [0.15, 0.2) is 0 Å². The summed E-state index contributed by atoms with van der Waals surface area (Å²) in [5.74, 6) is 0.459. The highest BCUT2D eigenvalue weighted by Gasteiger charge is 2.45. The van der Waals surface area contributed by atoms with Crippen molar-refractivity contribution in [3.63, 3.8) is 0 Å². The van der Waals surface area contributed by atoms with Crippen LogP contribution in [0.5, 0.6) is 17.4 Å². The third kappa shape index (κ3) is 4.29. The third-order valence-corrected chi connectivity index (χ3v) is 5.31. The number of fused-ring (bicyclic) bond motifs is 1. The first kappa shape index (κ1) is 21.8. The highest BCUT2D eigenvalue weighted by Crippen LogP contribution is 2.35. The number of rotatable bonds is 4. The average molecular weight is 447 g/mol. The predicted octanol–water partition coefficient (Wildman–Crippen LogP) is 6.27. The summed E-state index contributed by atoms with van der Waals surface area (Å²) < 4.78 is 62.4. The number of pyridine rings is 1. The molecule has 0 saturated carbocycles. The van der Waals surface area contributed by atoms with Gasteiger partial charge >= 0.3 is 12.3 Å². The van der Waals surface area contributed by atoms with Crippen molar-refractivity contribution in [3.05, 3.63) is 78.0 Å². The number of hydrogen-bond acceptors (Lipinski definition) is 4. The van der Waals surface area contributed by atoms with Gasteiger partial charge in [0.2, 0.25) is 12.7 Å². The number of amides is 1. The Labute approximate surface area is 181 Å². The number of carbonyl (C=O) groups excluding carboxylic acids is 1. The average Bonchev–Trinajstić information content (AvgIpc) is 2.79. The maximum Gasteiger partial charge on any atom is 0.528 e. The Hall–Kier alpha value is -3.46. The number of halogens is 4. The first-order valence-corrected chi connectivity index (χ1v) is 9.87. The van der Waals surface area contributed by atoms with E-state index in [0.29, 0.717) is 24.8 Å². The van der Waals surface area contributed by atoms with Gasteiger partial charge in [0.1, 0.15) is 17.2 Å². The summed E-state index contributed by atoms with van der Waals surface area (Å²) >= 11 is 0. The van der Waals surface area contributed by atoms with E-state index < -0.39 is 29.1 Å². The number of benzene rings is 2. The van der Waals surface area contributed by atoms with Crippen LogP contribution in [0.2, 0.25) is 0 Å². The number of alkyl halides is 4. The SMILES string of the molecule is O=C(Oc1ccc(Oc2ccc(C(F)(F)F)cn2)cc1)[N+]1(CF)CCCc2ccccc21. The molecular weight excluding hydrogens is 428 g/mol. The molecular formula is C23H19F4N2O3+. The molecule has 3 aromatic rings. The summed E-state index contributed by atoms with van der Waals surface area (Å²) in [6.45, 7) is -0.621. The Morgan fingerprint density at radius 2 is 1.72 bits per heavy atom. The minimum absolute atomic E-state index is 0.0189. The van der Waals surface area contributed by atoms with Gasteiger partial charge in [-0.3, -0.25) is 0 Å². The summed E-state index contributed by atoms with van der Waals surface area (Å²) in [6.07, 6.45) is -3.10. The lowest BCUT2D eigenvalue weighted by Gasteiger charge is -2.35. The van der Waals surface area contributed by atoms with Crippen molar-refractivity contribution in [1.29, 1.82) is 0 Å². The molecule has 2 heterocycles. The number of nitrogens with zero attached hydrogens (tertiary/aromatic N) is 2. The highest BCUT2D eigenvalue weighted by atomic mass is 19.4. The molecule has 1 unspecified atom stereocenters. The molecule has 0 radical (unpaired) electrons. The molecule has 0 aliphatic carbocycles. The summed E-state index contributed by atoms with van der Waals surface area (Å²) in [6, 6.07) is 15.1. The van der Waals surface area contributed by atoms with Crippen LogP contribution in [-0.4, -0.2) is 24.4 Å². The maximum absolute atomic E-state index is 14.1. The number of aromatic nitrogens is 1. The van der Waals surface area contributed by atoms with E-state index in [4.69, 9.17) is 9.47 Å². The number of aryl methyl sites for hydroxylation is 1. The van der Waals surface area contributed by atoms with Crippen LogP contribution in [-0.2, 0) is 12.6 Å². The van der Waals surface area contributed by atoms with Gasteiger partial charge in [0, 0.05) is 30.3 Å². The fourth-order valence-corrected chi connectivity index (χ4v) is 3.66. The van der Waals surface area contributed by atoms with E-state index in [1.54, 1.807) is 12.1 Å². The fraction of sp³-hybridized carbons (Fsp3) is 0.217. The largest absolute Gasteiger partial charge is 0.528 e. The Balaban J connectivity index is 1.46. The first-order valence-electron chi connectivity index (χ1n) is 9.87. The molecule has 166 valence electrons. The van der Waals surface area contributed by atoms with E-state index in [9.17, 15) is 22.4 Å². The number of quaternary nitrogens is 1. The van der Waals surface area contributed by atoms with E-state index in [1.807, 2.05) is 12.1 Å². The smallest absolute Gasteiger partial charge is 0.439 e. The number of ether oxygens (including phenoxy) is 2. The second kappa shape index (κ2) is 8.58. The number of hydrogen-bond donors (Lipinski definition) is 0. The zero-order valence-corrected chi connectivity index (χ0v) is 16.8. The minimum Gasteiger partial charge on any atom is -0.439 e. The zero-order valence-electron chi connectivity index (χ0n) is 16.8. The highest BCUT2D eigenvalue weighted by molar-refractivity contribution is 5.85. The van der Waals surface area contributed by atoms with Gasteiger partial charge in [-0.2, -0.15) is 26.8 Å².